The molecule has 1 N–H and O–H groups in total. The molecule has 2 fully saturated rings. The summed E-state index contributed by atoms with van der Waals surface area (Å²) in [6.45, 7) is 7.08. The highest BCUT2D eigenvalue weighted by atomic mass is 16.5. The molecule has 0 aromatic carbocycles. The summed E-state index contributed by atoms with van der Waals surface area (Å²) in [4.78, 5) is 2.52. The van der Waals surface area contributed by atoms with Gasteiger partial charge in [0, 0.05) is 62.9 Å². The number of rotatable bonds is 6. The Kier molecular flexibility index (Phi) is 6.43. The number of likely N-dealkylation sites (tertiary alicyclic amines) is 1. The van der Waals surface area contributed by atoms with Crippen LogP contribution in [0, 0.1) is 18.3 Å². The quantitative estimate of drug-likeness (QED) is 0.616. The van der Waals surface area contributed by atoms with E-state index in [1.54, 1.807) is 17.8 Å². The highest BCUT2D eigenvalue weighted by Crippen LogP contribution is 2.33. The summed E-state index contributed by atoms with van der Waals surface area (Å²) < 4.78 is 15.2. The average molecular weight is 452 g/mol. The second-order valence-electron chi connectivity index (χ2n) is 8.85. The molecule has 0 atom stereocenters. The summed E-state index contributed by atoms with van der Waals surface area (Å²) in [5.74, 6) is 0.634. The van der Waals surface area contributed by atoms with Gasteiger partial charge in [-0.15, -0.1) is 0 Å². The lowest BCUT2D eigenvalue weighted by molar-refractivity contribution is -0.0762. The largest absolute Gasteiger partial charge is 0.494 e. The molecular weight excluding hydrogens is 418 g/mol. The summed E-state index contributed by atoms with van der Waals surface area (Å²) >= 11 is 0. The molecule has 0 saturated carbocycles. The smallest absolute Gasteiger partial charge is 0.146 e. The van der Waals surface area contributed by atoms with Crippen LogP contribution in [0.3, 0.4) is 0 Å². The van der Waals surface area contributed by atoms with Crippen LogP contribution < -0.4 is 10.1 Å². The fraction of sp³-hybridized carbons (Fsp3) is 0.542. The van der Waals surface area contributed by atoms with Gasteiger partial charge in [-0.05, 0) is 25.8 Å². The molecule has 3 aromatic rings. The lowest BCUT2D eigenvalue weighted by Gasteiger charge is -2.45. The van der Waals surface area contributed by atoms with Crippen molar-refractivity contribution in [1.29, 1.82) is 5.26 Å². The van der Waals surface area contributed by atoms with Crippen molar-refractivity contribution in [2.75, 3.05) is 46.9 Å². The van der Waals surface area contributed by atoms with Crippen LogP contribution in [0.1, 0.15) is 37.6 Å². The topological polar surface area (TPSA) is 92.6 Å². The predicted octanol–water partition coefficient (Wildman–Crippen LogP) is 2.65. The first-order valence-electron chi connectivity index (χ1n) is 11.1. The van der Waals surface area contributed by atoms with Gasteiger partial charge in [0.15, 0.2) is 0 Å². The van der Waals surface area contributed by atoms with Crippen LogP contribution in [0.25, 0.3) is 16.6 Å². The zero-order valence-electron chi connectivity index (χ0n) is 18.8. The number of aromatic nitrogens is 4. The molecule has 3 aromatic heterocycles. The number of hydrogen-bond acceptors (Lipinski definition) is 7. The minimum absolute atomic E-state index is 0. The SMILES string of the molecule is C.COc1cc(-c2cnn(C3CCN(CC4(OC)CNC4)CC3)c2C)cn2ncc(C#N)c12. The first-order valence-corrected chi connectivity index (χ1v) is 11.1. The first-order chi connectivity index (χ1) is 15.6. The molecule has 5 heterocycles. The van der Waals surface area contributed by atoms with E-state index in [9.17, 15) is 5.26 Å². The summed E-state index contributed by atoms with van der Waals surface area (Å²) in [6.07, 6.45) is 7.58. The van der Waals surface area contributed by atoms with E-state index < -0.39 is 0 Å². The average Bonchev–Trinajstić information content (AvgIpc) is 3.39. The molecular formula is C24H33N7O2. The standard InChI is InChI=1S/C23H29N7O2.CH4/c1-16-20(17-8-21(31-2)22-18(9-24)10-26-29(22)12-17)11-27-30(16)19-4-6-28(7-5-19)15-23(32-3)13-25-14-23;/h8,10-12,19,25H,4-7,13-15H2,1-3H3;1H4. The fourth-order valence-electron chi connectivity index (χ4n) is 5.00. The van der Waals surface area contributed by atoms with E-state index in [2.05, 4.69) is 33.0 Å². The number of methoxy groups -OCH3 is 2. The lowest BCUT2D eigenvalue weighted by atomic mass is 9.94. The maximum absolute atomic E-state index is 9.35. The third-order valence-electron chi connectivity index (χ3n) is 7.01. The van der Waals surface area contributed by atoms with Crippen molar-refractivity contribution in [2.24, 2.45) is 0 Å². The minimum Gasteiger partial charge on any atom is -0.494 e. The van der Waals surface area contributed by atoms with Crippen LogP contribution in [0.15, 0.2) is 24.7 Å². The number of piperidine rings is 1. The Labute approximate surface area is 194 Å². The highest BCUT2D eigenvalue weighted by Gasteiger charge is 2.39. The zero-order valence-corrected chi connectivity index (χ0v) is 18.8. The van der Waals surface area contributed by atoms with Gasteiger partial charge >= 0.3 is 0 Å². The zero-order chi connectivity index (χ0) is 22.3. The Morgan fingerprint density at radius 3 is 2.58 bits per heavy atom. The van der Waals surface area contributed by atoms with Crippen LogP contribution in [-0.2, 0) is 4.74 Å². The molecule has 176 valence electrons. The number of nitriles is 1. The Hall–Kier alpha value is -2.93. The molecule has 0 aliphatic carbocycles. The molecule has 0 radical (unpaired) electrons. The maximum Gasteiger partial charge on any atom is 0.146 e. The molecule has 2 aliphatic rings. The van der Waals surface area contributed by atoms with Gasteiger partial charge < -0.3 is 19.7 Å². The summed E-state index contributed by atoms with van der Waals surface area (Å²) in [6, 6.07) is 4.53. The normalized spacial score (nSPS) is 18.5. The van der Waals surface area contributed by atoms with Crippen LogP contribution in [0.4, 0.5) is 0 Å². The molecule has 0 bridgehead atoms. The molecule has 0 spiro atoms. The van der Waals surface area contributed by atoms with Gasteiger partial charge in [0.05, 0.1) is 25.5 Å². The van der Waals surface area contributed by atoms with Gasteiger partial charge in [-0.1, -0.05) is 7.43 Å². The lowest BCUT2D eigenvalue weighted by Crippen LogP contribution is -2.66. The van der Waals surface area contributed by atoms with Crippen LogP contribution in [0.5, 0.6) is 5.75 Å². The summed E-state index contributed by atoms with van der Waals surface area (Å²) in [5.41, 5.74) is 4.33. The van der Waals surface area contributed by atoms with Crippen molar-refractivity contribution in [3.63, 3.8) is 0 Å². The third kappa shape index (κ3) is 3.99. The van der Waals surface area contributed by atoms with E-state index in [0.29, 0.717) is 22.9 Å². The van der Waals surface area contributed by atoms with Crippen LogP contribution >= 0.6 is 0 Å². The number of nitrogens with zero attached hydrogens (tertiary/aromatic N) is 6. The van der Waals surface area contributed by atoms with Crippen LogP contribution in [-0.4, -0.2) is 76.8 Å². The molecule has 9 heteroatoms. The van der Waals surface area contributed by atoms with E-state index in [-0.39, 0.29) is 13.0 Å². The van der Waals surface area contributed by atoms with Crippen molar-refractivity contribution in [2.45, 2.75) is 38.8 Å². The van der Waals surface area contributed by atoms with Gasteiger partial charge in [0.25, 0.3) is 0 Å². The molecule has 0 amide bonds. The summed E-state index contributed by atoms with van der Waals surface area (Å²) in [7, 11) is 3.43. The van der Waals surface area contributed by atoms with Gasteiger partial charge in [-0.25, -0.2) is 4.52 Å². The minimum atomic E-state index is -0.0166. The molecule has 9 nitrogen and oxygen atoms in total. The third-order valence-corrected chi connectivity index (χ3v) is 7.01. The second-order valence-corrected chi connectivity index (χ2v) is 8.85. The number of fused-ring (bicyclic) bond motifs is 1. The van der Waals surface area contributed by atoms with E-state index >= 15 is 0 Å². The first kappa shape index (κ1) is 23.2. The van der Waals surface area contributed by atoms with Gasteiger partial charge in [-0.3, -0.25) is 4.68 Å². The van der Waals surface area contributed by atoms with Crippen molar-refractivity contribution in [3.05, 3.63) is 35.9 Å². The van der Waals surface area contributed by atoms with Crippen molar-refractivity contribution >= 4 is 5.52 Å². The van der Waals surface area contributed by atoms with Crippen molar-refractivity contribution in [3.8, 4) is 22.9 Å². The molecule has 33 heavy (non-hydrogen) atoms. The number of hydrogen-bond donors (Lipinski definition) is 1. The Bertz CT molecular complexity index is 1160. The number of ether oxygens (including phenoxy) is 2. The van der Waals surface area contributed by atoms with E-state index in [1.807, 2.05) is 25.6 Å². The van der Waals surface area contributed by atoms with E-state index in [4.69, 9.17) is 14.6 Å². The molecule has 0 unspecified atom stereocenters. The predicted molar refractivity (Wildman–Crippen MR) is 126 cm³/mol. The fourth-order valence-corrected chi connectivity index (χ4v) is 5.00. The Balaban J connectivity index is 0.00000259. The van der Waals surface area contributed by atoms with Gasteiger partial charge in [-0.2, -0.15) is 15.5 Å². The van der Waals surface area contributed by atoms with E-state index in [0.717, 1.165) is 62.4 Å². The highest BCUT2D eigenvalue weighted by molar-refractivity contribution is 5.75. The van der Waals surface area contributed by atoms with Gasteiger partial charge in [0.2, 0.25) is 0 Å². The second kappa shape index (κ2) is 9.14. The maximum atomic E-state index is 9.35. The Morgan fingerprint density at radius 1 is 1.21 bits per heavy atom. The Morgan fingerprint density at radius 2 is 1.97 bits per heavy atom. The number of pyridine rings is 1. The van der Waals surface area contributed by atoms with Crippen molar-refractivity contribution in [1.82, 2.24) is 29.6 Å². The van der Waals surface area contributed by atoms with Gasteiger partial charge in [0.1, 0.15) is 28.5 Å². The van der Waals surface area contributed by atoms with E-state index in [1.165, 1.54) is 0 Å². The monoisotopic (exact) mass is 451 g/mol. The summed E-state index contributed by atoms with van der Waals surface area (Å²) in [5, 5.41) is 21.8. The molecule has 5 rings (SSSR count). The molecule has 2 saturated heterocycles. The van der Waals surface area contributed by atoms with Crippen molar-refractivity contribution < 1.29 is 9.47 Å². The van der Waals surface area contributed by atoms with Crippen LogP contribution in [0.2, 0.25) is 0 Å². The number of nitrogens with one attached hydrogen (secondary N) is 1. The molecule has 2 aliphatic heterocycles.